The average molecular weight is 343 g/mol. The van der Waals surface area contributed by atoms with Crippen LogP contribution in [0.2, 0.25) is 0 Å². The maximum Gasteiger partial charge on any atom is 0.342 e. The highest BCUT2D eigenvalue weighted by Gasteiger charge is 2.21. The lowest BCUT2D eigenvalue weighted by Crippen LogP contribution is -2.42. The zero-order chi connectivity index (χ0) is 17.6. The molecule has 0 bridgehead atoms. The predicted octanol–water partition coefficient (Wildman–Crippen LogP) is 1.51. The summed E-state index contributed by atoms with van der Waals surface area (Å²) in [5.41, 5.74) is 0.0101. The van der Waals surface area contributed by atoms with Crippen molar-refractivity contribution in [3.8, 4) is 17.2 Å². The topological polar surface area (TPSA) is 94.1 Å². The average Bonchev–Trinajstić information content (AvgIpc) is 2.64. The Morgan fingerprint density at radius 3 is 2.64 bits per heavy atom. The van der Waals surface area contributed by atoms with E-state index in [4.69, 9.17) is 14.2 Å². The highest BCUT2D eigenvalue weighted by Crippen LogP contribution is 2.30. The van der Waals surface area contributed by atoms with E-state index in [1.165, 1.54) is 12.1 Å². The van der Waals surface area contributed by atoms with Crippen molar-refractivity contribution in [2.75, 3.05) is 19.8 Å². The van der Waals surface area contributed by atoms with Crippen LogP contribution < -0.4 is 14.8 Å². The van der Waals surface area contributed by atoms with Gasteiger partial charge in [0, 0.05) is 0 Å². The number of phenols is 1. The highest BCUT2D eigenvalue weighted by atomic mass is 16.6. The lowest BCUT2D eigenvalue weighted by atomic mass is 10.2. The minimum atomic E-state index is -0.764. The number of aromatic hydroxyl groups is 1. The van der Waals surface area contributed by atoms with E-state index < -0.39 is 18.5 Å². The minimum absolute atomic E-state index is 0.0101. The SMILES string of the molecule is O=C(COC(=O)c1ccccc1O)NC[C@@H]1COc2ccccc2O1. The Hall–Kier alpha value is -3.22. The summed E-state index contributed by atoms with van der Waals surface area (Å²) >= 11 is 0. The van der Waals surface area contributed by atoms with Crippen LogP contribution in [0.1, 0.15) is 10.4 Å². The number of carbonyl (C=O) groups is 2. The van der Waals surface area contributed by atoms with Crippen LogP contribution in [0.4, 0.5) is 0 Å². The monoisotopic (exact) mass is 343 g/mol. The Labute approximate surface area is 144 Å². The van der Waals surface area contributed by atoms with Gasteiger partial charge in [-0.25, -0.2) is 4.79 Å². The smallest absolute Gasteiger partial charge is 0.342 e. The molecule has 25 heavy (non-hydrogen) atoms. The molecule has 0 fully saturated rings. The van der Waals surface area contributed by atoms with Crippen LogP contribution in [0.3, 0.4) is 0 Å². The predicted molar refractivity (Wildman–Crippen MR) is 87.8 cm³/mol. The van der Waals surface area contributed by atoms with Crippen molar-refractivity contribution in [1.82, 2.24) is 5.32 Å². The summed E-state index contributed by atoms with van der Waals surface area (Å²) < 4.78 is 16.1. The van der Waals surface area contributed by atoms with Crippen molar-refractivity contribution >= 4 is 11.9 Å². The molecule has 2 aromatic carbocycles. The number of para-hydroxylation sites is 3. The first-order valence-corrected chi connectivity index (χ1v) is 7.74. The molecule has 0 saturated carbocycles. The van der Waals surface area contributed by atoms with Crippen molar-refractivity contribution in [2.24, 2.45) is 0 Å². The van der Waals surface area contributed by atoms with Gasteiger partial charge in [0.15, 0.2) is 18.1 Å². The van der Waals surface area contributed by atoms with Crippen molar-refractivity contribution in [2.45, 2.75) is 6.10 Å². The molecule has 0 spiro atoms. The molecule has 2 N–H and O–H groups in total. The van der Waals surface area contributed by atoms with Crippen LogP contribution in [0.25, 0.3) is 0 Å². The third-order valence-corrected chi connectivity index (χ3v) is 3.55. The molecule has 0 aromatic heterocycles. The number of hydrogen-bond acceptors (Lipinski definition) is 6. The number of benzene rings is 2. The summed E-state index contributed by atoms with van der Waals surface area (Å²) in [5, 5.41) is 12.2. The molecule has 7 nitrogen and oxygen atoms in total. The minimum Gasteiger partial charge on any atom is -0.507 e. The van der Waals surface area contributed by atoms with Gasteiger partial charge in [0.05, 0.1) is 6.54 Å². The molecule has 1 heterocycles. The summed E-state index contributed by atoms with van der Waals surface area (Å²) in [5.74, 6) is -0.134. The molecule has 1 aliphatic heterocycles. The van der Waals surface area contributed by atoms with Crippen LogP contribution in [-0.2, 0) is 9.53 Å². The molecular formula is C18H17NO6. The molecular weight excluding hydrogens is 326 g/mol. The first kappa shape index (κ1) is 16.6. The zero-order valence-corrected chi connectivity index (χ0v) is 13.3. The highest BCUT2D eigenvalue weighted by molar-refractivity contribution is 5.93. The van der Waals surface area contributed by atoms with Gasteiger partial charge >= 0.3 is 5.97 Å². The third kappa shape index (κ3) is 4.20. The van der Waals surface area contributed by atoms with Gasteiger partial charge in [0.2, 0.25) is 0 Å². The van der Waals surface area contributed by atoms with Gasteiger partial charge in [-0.1, -0.05) is 24.3 Å². The summed E-state index contributed by atoms with van der Waals surface area (Å²) in [6.45, 7) is 0.0909. The van der Waals surface area contributed by atoms with Gasteiger partial charge < -0.3 is 24.6 Å². The fourth-order valence-electron chi connectivity index (χ4n) is 2.30. The lowest BCUT2D eigenvalue weighted by molar-refractivity contribution is -0.124. The number of nitrogens with one attached hydrogen (secondary N) is 1. The number of hydrogen-bond donors (Lipinski definition) is 2. The van der Waals surface area contributed by atoms with Crippen LogP contribution in [0, 0.1) is 0 Å². The van der Waals surface area contributed by atoms with Crippen LogP contribution >= 0.6 is 0 Å². The van der Waals surface area contributed by atoms with Crippen LogP contribution in [0.15, 0.2) is 48.5 Å². The third-order valence-electron chi connectivity index (χ3n) is 3.55. The van der Waals surface area contributed by atoms with Crippen LogP contribution in [-0.4, -0.2) is 42.8 Å². The van der Waals surface area contributed by atoms with Crippen molar-refractivity contribution in [3.63, 3.8) is 0 Å². The van der Waals surface area contributed by atoms with Gasteiger partial charge in [-0.2, -0.15) is 0 Å². The number of ether oxygens (including phenoxy) is 3. The van der Waals surface area contributed by atoms with Gasteiger partial charge in [-0.3, -0.25) is 4.79 Å². The van der Waals surface area contributed by atoms with E-state index in [0.29, 0.717) is 18.1 Å². The molecule has 0 saturated heterocycles. The van der Waals surface area contributed by atoms with Crippen molar-refractivity contribution in [3.05, 3.63) is 54.1 Å². The second-order valence-corrected chi connectivity index (χ2v) is 5.39. The summed E-state index contributed by atoms with van der Waals surface area (Å²) in [6.07, 6.45) is -0.326. The fourth-order valence-corrected chi connectivity index (χ4v) is 2.30. The standard InChI is InChI=1S/C18H17NO6/c20-14-6-2-1-5-13(14)18(22)24-11-17(21)19-9-12-10-23-15-7-3-4-8-16(15)25-12/h1-8,12,20H,9-11H2,(H,19,21)/t12-/m1/s1. The molecule has 0 unspecified atom stereocenters. The molecule has 2 aromatic rings. The van der Waals surface area contributed by atoms with Gasteiger partial charge in [-0.15, -0.1) is 0 Å². The molecule has 1 amide bonds. The number of esters is 1. The van der Waals surface area contributed by atoms with E-state index in [2.05, 4.69) is 5.32 Å². The molecule has 0 radical (unpaired) electrons. The van der Waals surface area contributed by atoms with Gasteiger partial charge in [0.1, 0.15) is 24.0 Å². The molecule has 1 atom stereocenters. The number of fused-ring (bicyclic) bond motifs is 1. The maximum absolute atomic E-state index is 11.8. The van der Waals surface area contributed by atoms with E-state index in [-0.39, 0.29) is 24.0 Å². The molecule has 0 aliphatic carbocycles. The number of carbonyl (C=O) groups excluding carboxylic acids is 2. The fraction of sp³-hybridized carbons (Fsp3) is 0.222. The Morgan fingerprint density at radius 2 is 1.84 bits per heavy atom. The first-order chi connectivity index (χ1) is 12.1. The maximum atomic E-state index is 11.8. The number of rotatable bonds is 5. The van der Waals surface area contributed by atoms with E-state index in [9.17, 15) is 14.7 Å². The molecule has 7 heteroatoms. The van der Waals surface area contributed by atoms with Gasteiger partial charge in [0.25, 0.3) is 5.91 Å². The number of amides is 1. The summed E-state index contributed by atoms with van der Waals surface area (Å²) in [7, 11) is 0. The summed E-state index contributed by atoms with van der Waals surface area (Å²) in [6, 6.07) is 13.2. The van der Waals surface area contributed by atoms with E-state index in [1.807, 2.05) is 18.2 Å². The van der Waals surface area contributed by atoms with Crippen molar-refractivity contribution < 1.29 is 28.9 Å². The zero-order valence-electron chi connectivity index (χ0n) is 13.3. The Balaban J connectivity index is 1.43. The second-order valence-electron chi connectivity index (χ2n) is 5.39. The van der Waals surface area contributed by atoms with Gasteiger partial charge in [-0.05, 0) is 24.3 Å². The Kier molecular flexibility index (Phi) is 5.03. The first-order valence-electron chi connectivity index (χ1n) is 7.74. The summed E-state index contributed by atoms with van der Waals surface area (Å²) in [4.78, 5) is 23.6. The molecule has 1 aliphatic rings. The molecule has 3 rings (SSSR count). The van der Waals surface area contributed by atoms with Crippen molar-refractivity contribution in [1.29, 1.82) is 0 Å². The van der Waals surface area contributed by atoms with E-state index in [1.54, 1.807) is 18.2 Å². The lowest BCUT2D eigenvalue weighted by Gasteiger charge is -2.26. The van der Waals surface area contributed by atoms with E-state index in [0.717, 1.165) is 0 Å². The normalized spacial score (nSPS) is 15.3. The Bertz CT molecular complexity index is 776. The number of phenolic OH excluding ortho intramolecular Hbond substituents is 1. The second kappa shape index (κ2) is 7.57. The Morgan fingerprint density at radius 1 is 1.12 bits per heavy atom. The van der Waals surface area contributed by atoms with E-state index >= 15 is 0 Å². The van der Waals surface area contributed by atoms with Crippen LogP contribution in [0.5, 0.6) is 17.2 Å². The molecule has 130 valence electrons. The largest absolute Gasteiger partial charge is 0.507 e. The quantitative estimate of drug-likeness (QED) is 0.799.